The Balaban J connectivity index is 1.32. The highest BCUT2D eigenvalue weighted by Gasteiger charge is 2.19. The van der Waals surface area contributed by atoms with Crippen molar-refractivity contribution < 1.29 is 8.83 Å². The maximum atomic E-state index is 6.47. The molecule has 0 amide bonds. The van der Waals surface area contributed by atoms with Gasteiger partial charge in [-0.1, -0.05) is 60.7 Å². The number of hydrogen-bond donors (Lipinski definition) is 0. The lowest BCUT2D eigenvalue weighted by Gasteiger charge is -2.14. The summed E-state index contributed by atoms with van der Waals surface area (Å²) in [6, 6.07) is 44.1. The predicted octanol–water partition coefficient (Wildman–Crippen LogP) is 10.7. The van der Waals surface area contributed by atoms with Crippen LogP contribution >= 0.6 is 0 Å². The van der Waals surface area contributed by atoms with Crippen molar-refractivity contribution in [3.8, 4) is 27.9 Å². The lowest BCUT2D eigenvalue weighted by molar-refractivity contribution is 0.669. The molecule has 5 heterocycles. The van der Waals surface area contributed by atoms with Gasteiger partial charge in [-0.15, -0.1) is 0 Å². The first-order valence-corrected chi connectivity index (χ1v) is 15.0. The van der Waals surface area contributed by atoms with Crippen molar-refractivity contribution in [3.63, 3.8) is 0 Å². The van der Waals surface area contributed by atoms with Crippen LogP contribution in [0.15, 0.2) is 149 Å². The van der Waals surface area contributed by atoms with E-state index < -0.39 is 0 Å². The van der Waals surface area contributed by atoms with E-state index in [1.54, 1.807) is 0 Å². The molecule has 0 unspecified atom stereocenters. The maximum Gasteiger partial charge on any atom is 0.161 e. The summed E-state index contributed by atoms with van der Waals surface area (Å²) in [5.41, 5.74) is 12.3. The van der Waals surface area contributed by atoms with Crippen molar-refractivity contribution in [2.45, 2.75) is 0 Å². The third-order valence-corrected chi connectivity index (χ3v) is 8.90. The minimum Gasteiger partial charge on any atom is -0.454 e. The van der Waals surface area contributed by atoms with Gasteiger partial charge in [-0.2, -0.15) is 0 Å². The van der Waals surface area contributed by atoms with Crippen LogP contribution in [0.5, 0.6) is 0 Å². The fourth-order valence-corrected chi connectivity index (χ4v) is 6.92. The van der Waals surface area contributed by atoms with Gasteiger partial charge in [0.25, 0.3) is 0 Å². The van der Waals surface area contributed by atoms with E-state index in [2.05, 4.69) is 83.4 Å². The van der Waals surface area contributed by atoms with E-state index in [0.717, 1.165) is 83.1 Å². The number of rotatable bonds is 3. The van der Waals surface area contributed by atoms with Crippen molar-refractivity contribution in [3.05, 3.63) is 140 Å². The van der Waals surface area contributed by atoms with Crippen LogP contribution in [-0.4, -0.2) is 14.5 Å². The number of hydrogen-bond acceptors (Lipinski definition) is 4. The van der Waals surface area contributed by atoms with Crippen LogP contribution in [0.4, 0.5) is 0 Å². The SMILES string of the molecule is c1ccc2c(c1)oc1c(-c3cc(-c4ccnc5c4oc4ccccc45)cc(-n4c5ccccc5c5ccccc54)c3)ccnc12. The Kier molecular flexibility index (Phi) is 4.93. The minimum absolute atomic E-state index is 0.771. The van der Waals surface area contributed by atoms with E-state index in [-0.39, 0.29) is 0 Å². The van der Waals surface area contributed by atoms with Crippen LogP contribution in [0.1, 0.15) is 0 Å². The molecule has 0 aliphatic heterocycles. The van der Waals surface area contributed by atoms with Crippen LogP contribution in [0.2, 0.25) is 0 Å². The Labute approximate surface area is 256 Å². The van der Waals surface area contributed by atoms with Crippen molar-refractivity contribution in [2.24, 2.45) is 0 Å². The third kappa shape index (κ3) is 3.49. The molecule has 0 spiro atoms. The molecule has 45 heavy (non-hydrogen) atoms. The average molecular weight is 578 g/mol. The molecule has 0 radical (unpaired) electrons. The second-order valence-corrected chi connectivity index (χ2v) is 11.4. The lowest BCUT2D eigenvalue weighted by Crippen LogP contribution is -1.96. The van der Waals surface area contributed by atoms with Gasteiger partial charge in [-0.3, -0.25) is 9.97 Å². The maximum absolute atomic E-state index is 6.47. The van der Waals surface area contributed by atoms with Gasteiger partial charge in [0.05, 0.1) is 11.0 Å². The Hall–Kier alpha value is -6.20. The standard InChI is InChI=1S/C40H23N3O2/c1-5-13-33-29(9-1)30-10-2-6-14-34(30)43(33)26-22-24(27-17-19-41-37-31-11-3-7-15-35(31)44-39(27)37)21-25(23-26)28-18-20-42-38-32-12-4-8-16-36(32)45-40(28)38/h1-23H. The molecule has 5 aromatic carbocycles. The molecule has 0 bridgehead atoms. The fraction of sp³-hybridized carbons (Fsp3) is 0. The summed E-state index contributed by atoms with van der Waals surface area (Å²) < 4.78 is 15.3. The smallest absolute Gasteiger partial charge is 0.161 e. The zero-order chi connectivity index (χ0) is 29.5. The molecule has 5 nitrogen and oxygen atoms in total. The van der Waals surface area contributed by atoms with E-state index >= 15 is 0 Å². The Bertz CT molecular complexity index is 2600. The van der Waals surface area contributed by atoms with Crippen molar-refractivity contribution >= 4 is 65.9 Å². The predicted molar refractivity (Wildman–Crippen MR) is 182 cm³/mol. The Morgan fingerprint density at radius 3 is 1.40 bits per heavy atom. The third-order valence-electron chi connectivity index (χ3n) is 8.90. The number of benzene rings is 5. The molecule has 5 aromatic heterocycles. The van der Waals surface area contributed by atoms with Gasteiger partial charge >= 0.3 is 0 Å². The second kappa shape index (κ2) is 9.15. The van der Waals surface area contributed by atoms with Gasteiger partial charge in [-0.05, 0) is 77.9 Å². The second-order valence-electron chi connectivity index (χ2n) is 11.4. The summed E-state index contributed by atoms with van der Waals surface area (Å²) in [5, 5.41) is 4.44. The van der Waals surface area contributed by atoms with Gasteiger partial charge in [0.2, 0.25) is 0 Å². The molecular weight excluding hydrogens is 554 g/mol. The molecule has 10 aromatic rings. The largest absolute Gasteiger partial charge is 0.454 e. The molecule has 10 rings (SSSR count). The molecule has 0 aliphatic rings. The normalized spacial score (nSPS) is 12.0. The van der Waals surface area contributed by atoms with Gasteiger partial charge in [0.15, 0.2) is 11.2 Å². The van der Waals surface area contributed by atoms with Crippen LogP contribution in [-0.2, 0) is 0 Å². The summed E-state index contributed by atoms with van der Waals surface area (Å²) in [6.45, 7) is 0. The molecule has 210 valence electrons. The van der Waals surface area contributed by atoms with E-state index in [0.29, 0.717) is 0 Å². The Morgan fingerprint density at radius 1 is 0.444 bits per heavy atom. The average Bonchev–Trinajstić information content (AvgIpc) is 3.77. The van der Waals surface area contributed by atoms with E-state index in [1.165, 1.54) is 10.8 Å². The Morgan fingerprint density at radius 2 is 0.889 bits per heavy atom. The molecule has 0 saturated heterocycles. The lowest BCUT2D eigenvalue weighted by atomic mass is 9.97. The molecule has 0 N–H and O–H groups in total. The van der Waals surface area contributed by atoms with Gasteiger partial charge in [0.1, 0.15) is 22.2 Å². The van der Waals surface area contributed by atoms with Crippen LogP contribution in [0, 0.1) is 0 Å². The quantitative estimate of drug-likeness (QED) is 0.210. The summed E-state index contributed by atoms with van der Waals surface area (Å²) in [4.78, 5) is 9.47. The number of aromatic nitrogens is 3. The number of nitrogens with zero attached hydrogens (tertiary/aromatic N) is 3. The first kappa shape index (κ1) is 24.3. The highest BCUT2D eigenvalue weighted by atomic mass is 16.3. The highest BCUT2D eigenvalue weighted by molar-refractivity contribution is 6.11. The summed E-state index contributed by atoms with van der Waals surface area (Å²) in [6.07, 6.45) is 3.74. The first-order valence-electron chi connectivity index (χ1n) is 15.0. The molecule has 0 saturated carbocycles. The van der Waals surface area contributed by atoms with E-state index in [4.69, 9.17) is 18.8 Å². The van der Waals surface area contributed by atoms with Crippen LogP contribution in [0.25, 0.3) is 93.9 Å². The number of furan rings is 2. The zero-order valence-corrected chi connectivity index (χ0v) is 23.9. The minimum atomic E-state index is 0.771. The number of fused-ring (bicyclic) bond motifs is 9. The molecule has 0 fully saturated rings. The summed E-state index contributed by atoms with van der Waals surface area (Å²) >= 11 is 0. The number of pyridine rings is 2. The van der Waals surface area contributed by atoms with Crippen LogP contribution < -0.4 is 0 Å². The van der Waals surface area contributed by atoms with Gasteiger partial charge < -0.3 is 13.4 Å². The van der Waals surface area contributed by atoms with Gasteiger partial charge in [0, 0.05) is 50.8 Å². The van der Waals surface area contributed by atoms with Crippen molar-refractivity contribution in [1.82, 2.24) is 14.5 Å². The molecule has 5 heteroatoms. The highest BCUT2D eigenvalue weighted by Crippen LogP contribution is 2.41. The van der Waals surface area contributed by atoms with Crippen molar-refractivity contribution in [2.75, 3.05) is 0 Å². The van der Waals surface area contributed by atoms with Gasteiger partial charge in [-0.25, -0.2) is 0 Å². The zero-order valence-electron chi connectivity index (χ0n) is 23.9. The van der Waals surface area contributed by atoms with Crippen LogP contribution in [0.3, 0.4) is 0 Å². The number of para-hydroxylation sites is 4. The molecule has 0 atom stereocenters. The monoisotopic (exact) mass is 577 g/mol. The van der Waals surface area contributed by atoms with E-state index in [1.807, 2.05) is 60.9 Å². The summed E-state index contributed by atoms with van der Waals surface area (Å²) in [5.74, 6) is 0. The van der Waals surface area contributed by atoms with Crippen molar-refractivity contribution in [1.29, 1.82) is 0 Å². The topological polar surface area (TPSA) is 57.0 Å². The van der Waals surface area contributed by atoms with E-state index in [9.17, 15) is 0 Å². The molecule has 0 aliphatic carbocycles. The first-order chi connectivity index (χ1) is 22.3. The summed E-state index contributed by atoms with van der Waals surface area (Å²) in [7, 11) is 0. The fourth-order valence-electron chi connectivity index (χ4n) is 6.92. The molecular formula is C40H23N3O2.